The summed E-state index contributed by atoms with van der Waals surface area (Å²) in [5, 5.41) is 0. The van der Waals surface area contributed by atoms with Crippen LogP contribution in [0.4, 0.5) is 0 Å². The highest BCUT2D eigenvalue weighted by atomic mass is 15.2. The van der Waals surface area contributed by atoms with Crippen LogP contribution in [0.15, 0.2) is 22.4 Å². The first-order valence-electron chi connectivity index (χ1n) is 3.05. The van der Waals surface area contributed by atoms with Crippen LogP contribution < -0.4 is 0 Å². The molecule has 0 saturated heterocycles. The Morgan fingerprint density at radius 1 is 1.50 bits per heavy atom. The van der Waals surface area contributed by atoms with Crippen LogP contribution in [-0.2, 0) is 0 Å². The molecule has 3 heteroatoms. The Bertz CT molecular complexity index is 156. The summed E-state index contributed by atoms with van der Waals surface area (Å²) in [6.07, 6.45) is 3.15. The monoisotopic (exact) mass is 139 g/mol. The molecule has 3 nitrogen and oxygen atoms in total. The third-order valence-corrected chi connectivity index (χ3v) is 0.939. The zero-order valence-corrected chi connectivity index (χ0v) is 6.70. The fraction of sp³-hybridized carbons (Fsp3) is 0.429. The van der Waals surface area contributed by atoms with Gasteiger partial charge in [-0.05, 0) is 6.92 Å². The number of hydrogen-bond acceptors (Lipinski definition) is 2. The van der Waals surface area contributed by atoms with Gasteiger partial charge in [0.15, 0.2) is 0 Å². The van der Waals surface area contributed by atoms with E-state index in [1.807, 2.05) is 25.9 Å². The number of hydrogen-bond donors (Lipinski definition) is 0. The molecule has 0 bridgehead atoms. The number of rotatable bonds is 3. The van der Waals surface area contributed by atoms with Gasteiger partial charge in [-0.15, -0.1) is 0 Å². The average Bonchev–Trinajstić information content (AvgIpc) is 1.88. The molecule has 0 heterocycles. The molecule has 0 radical (unpaired) electrons. The van der Waals surface area contributed by atoms with E-state index in [0.717, 1.165) is 0 Å². The topological polar surface area (TPSA) is 28.0 Å². The highest BCUT2D eigenvalue weighted by molar-refractivity contribution is 5.70. The molecule has 0 unspecified atom stereocenters. The Kier molecular flexibility index (Phi) is 4.20. The van der Waals surface area contributed by atoms with Crippen LogP contribution in [0.3, 0.4) is 0 Å². The minimum absolute atomic E-state index is 0.700. The highest BCUT2D eigenvalue weighted by Gasteiger charge is 1.87. The molecule has 0 aliphatic heterocycles. The van der Waals surface area contributed by atoms with Gasteiger partial charge in [-0.2, -0.15) is 0 Å². The fourth-order valence-corrected chi connectivity index (χ4v) is 0.282. The largest absolute Gasteiger partial charge is 0.363 e. The molecule has 0 aliphatic carbocycles. The van der Waals surface area contributed by atoms with Crippen molar-refractivity contribution < 1.29 is 0 Å². The maximum Gasteiger partial charge on any atom is 0.122 e. The molecule has 0 fully saturated rings. The second kappa shape index (κ2) is 4.73. The zero-order valence-electron chi connectivity index (χ0n) is 6.70. The molecule has 0 aromatic heterocycles. The maximum atomic E-state index is 3.92. The van der Waals surface area contributed by atoms with E-state index in [9.17, 15) is 0 Å². The molecular weight excluding hydrogens is 126 g/mol. The van der Waals surface area contributed by atoms with E-state index in [4.69, 9.17) is 0 Å². The van der Waals surface area contributed by atoms with E-state index in [1.54, 1.807) is 6.21 Å². The van der Waals surface area contributed by atoms with Crippen molar-refractivity contribution in [3.8, 4) is 0 Å². The van der Waals surface area contributed by atoms with E-state index in [0.29, 0.717) is 5.82 Å². The van der Waals surface area contributed by atoms with E-state index < -0.39 is 0 Å². The lowest BCUT2D eigenvalue weighted by atomic mass is 10.7. The normalized spacial score (nSPS) is 11.1. The van der Waals surface area contributed by atoms with Crippen molar-refractivity contribution >= 4 is 12.6 Å². The summed E-state index contributed by atoms with van der Waals surface area (Å²) in [5.41, 5.74) is 0. The summed E-state index contributed by atoms with van der Waals surface area (Å²) in [4.78, 5) is 9.53. The Hall–Kier alpha value is -1.12. The second-order valence-corrected chi connectivity index (χ2v) is 1.96. The predicted octanol–water partition coefficient (Wildman–Crippen LogP) is 1.14. The van der Waals surface area contributed by atoms with Gasteiger partial charge in [0, 0.05) is 20.3 Å². The molecule has 0 spiro atoms. The second-order valence-electron chi connectivity index (χ2n) is 1.96. The van der Waals surface area contributed by atoms with Crippen LogP contribution in [0, 0.1) is 0 Å². The summed E-state index contributed by atoms with van der Waals surface area (Å²) < 4.78 is 0. The van der Waals surface area contributed by atoms with Gasteiger partial charge in [0.2, 0.25) is 0 Å². The van der Waals surface area contributed by atoms with Crippen LogP contribution in [0.2, 0.25) is 0 Å². The van der Waals surface area contributed by atoms with Crippen molar-refractivity contribution in [3.05, 3.63) is 12.4 Å². The standard InChI is InChI=1S/C7H13N3/c1-5-8-6-9-7(2)10(3)4/h5-6H,2H2,1,3-4H3/b8-5-,9-6-. The fourth-order valence-electron chi connectivity index (χ4n) is 0.282. The predicted molar refractivity (Wildman–Crippen MR) is 45.5 cm³/mol. The van der Waals surface area contributed by atoms with Gasteiger partial charge in [-0.1, -0.05) is 6.58 Å². The SMILES string of the molecule is C=C(/N=C\N=C/C)N(C)C. The first-order chi connectivity index (χ1) is 4.68. The molecule has 0 aliphatic rings. The molecular formula is C7H13N3. The smallest absolute Gasteiger partial charge is 0.122 e. The van der Waals surface area contributed by atoms with E-state index in [2.05, 4.69) is 16.6 Å². The summed E-state index contributed by atoms with van der Waals surface area (Å²) >= 11 is 0. The Balaban J connectivity index is 3.78. The van der Waals surface area contributed by atoms with Crippen LogP contribution >= 0.6 is 0 Å². The first kappa shape index (κ1) is 8.88. The number of nitrogens with zero attached hydrogens (tertiary/aromatic N) is 3. The van der Waals surface area contributed by atoms with Crippen LogP contribution in [0.5, 0.6) is 0 Å². The van der Waals surface area contributed by atoms with Crippen molar-refractivity contribution in [1.29, 1.82) is 0 Å². The van der Waals surface area contributed by atoms with Gasteiger partial charge in [-0.25, -0.2) is 9.98 Å². The van der Waals surface area contributed by atoms with Crippen molar-refractivity contribution in [2.45, 2.75) is 6.92 Å². The van der Waals surface area contributed by atoms with Gasteiger partial charge < -0.3 is 4.90 Å². The molecule has 0 saturated carbocycles. The van der Waals surface area contributed by atoms with Gasteiger partial charge in [0.1, 0.15) is 12.2 Å². The highest BCUT2D eigenvalue weighted by Crippen LogP contribution is 1.92. The van der Waals surface area contributed by atoms with E-state index in [-0.39, 0.29) is 0 Å². The summed E-state index contributed by atoms with van der Waals surface area (Å²) in [6, 6.07) is 0. The van der Waals surface area contributed by atoms with E-state index in [1.165, 1.54) is 6.34 Å². The Morgan fingerprint density at radius 3 is 2.50 bits per heavy atom. The minimum Gasteiger partial charge on any atom is -0.363 e. The molecule has 0 aromatic rings. The number of aliphatic imine (C=N–C) groups is 2. The van der Waals surface area contributed by atoms with Crippen molar-refractivity contribution in [2.75, 3.05) is 14.1 Å². The lowest BCUT2D eigenvalue weighted by molar-refractivity contribution is 0.510. The average molecular weight is 139 g/mol. The molecule has 0 amide bonds. The summed E-state index contributed by atoms with van der Waals surface area (Å²) in [6.45, 7) is 5.52. The molecule has 56 valence electrons. The molecule has 0 rings (SSSR count). The molecule has 0 N–H and O–H groups in total. The van der Waals surface area contributed by atoms with Crippen molar-refractivity contribution in [2.24, 2.45) is 9.98 Å². The van der Waals surface area contributed by atoms with Gasteiger partial charge >= 0.3 is 0 Å². The van der Waals surface area contributed by atoms with Crippen LogP contribution in [0.1, 0.15) is 6.92 Å². The Morgan fingerprint density at radius 2 is 2.10 bits per heavy atom. The van der Waals surface area contributed by atoms with Crippen molar-refractivity contribution in [1.82, 2.24) is 4.90 Å². The van der Waals surface area contributed by atoms with Crippen molar-refractivity contribution in [3.63, 3.8) is 0 Å². The third kappa shape index (κ3) is 3.83. The van der Waals surface area contributed by atoms with Gasteiger partial charge in [-0.3, -0.25) is 0 Å². The quantitative estimate of drug-likeness (QED) is 0.425. The van der Waals surface area contributed by atoms with Crippen LogP contribution in [-0.4, -0.2) is 31.5 Å². The molecule has 0 aromatic carbocycles. The molecule has 10 heavy (non-hydrogen) atoms. The minimum atomic E-state index is 0.700. The summed E-state index contributed by atoms with van der Waals surface area (Å²) in [5.74, 6) is 0.700. The van der Waals surface area contributed by atoms with E-state index >= 15 is 0 Å². The molecule has 0 atom stereocenters. The van der Waals surface area contributed by atoms with Gasteiger partial charge in [0.25, 0.3) is 0 Å². The third-order valence-electron chi connectivity index (χ3n) is 0.939. The maximum absolute atomic E-state index is 3.92. The van der Waals surface area contributed by atoms with Crippen LogP contribution in [0.25, 0.3) is 0 Å². The summed E-state index contributed by atoms with van der Waals surface area (Å²) in [7, 11) is 3.77. The zero-order chi connectivity index (χ0) is 7.98. The first-order valence-corrected chi connectivity index (χ1v) is 3.05. The lowest BCUT2D eigenvalue weighted by Gasteiger charge is -2.08. The Labute approximate surface area is 61.8 Å². The van der Waals surface area contributed by atoms with Gasteiger partial charge in [0.05, 0.1) is 0 Å². The lowest BCUT2D eigenvalue weighted by Crippen LogP contribution is -2.07.